The molecule has 1 N–H and O–H groups in total. The predicted molar refractivity (Wildman–Crippen MR) is 77.0 cm³/mol. The fourth-order valence-electron chi connectivity index (χ4n) is 3.63. The number of hydrogen-bond acceptors (Lipinski definition) is 2. The summed E-state index contributed by atoms with van der Waals surface area (Å²) < 4.78 is 0. The maximum Gasteiger partial charge on any atom is 0.227 e. The Balaban J connectivity index is 1.58. The van der Waals surface area contributed by atoms with Crippen LogP contribution in [0.4, 0.5) is 0 Å². The van der Waals surface area contributed by atoms with Crippen molar-refractivity contribution in [2.45, 2.75) is 63.8 Å². The monoisotopic (exact) mass is 278 g/mol. The average Bonchev–Trinajstić information content (AvgIpc) is 3.30. The number of piperidine rings is 1. The van der Waals surface area contributed by atoms with Gasteiger partial charge in [0.05, 0.1) is 5.92 Å². The van der Waals surface area contributed by atoms with Gasteiger partial charge in [0.2, 0.25) is 11.8 Å². The molecule has 4 nitrogen and oxygen atoms in total. The quantitative estimate of drug-likeness (QED) is 0.856. The molecule has 0 aromatic rings. The molecule has 112 valence electrons. The highest BCUT2D eigenvalue weighted by Crippen LogP contribution is 2.33. The first-order valence-electron chi connectivity index (χ1n) is 8.31. The second-order valence-corrected chi connectivity index (χ2v) is 6.77. The summed E-state index contributed by atoms with van der Waals surface area (Å²) in [6.45, 7) is 1.51. The van der Waals surface area contributed by atoms with Crippen molar-refractivity contribution < 1.29 is 9.59 Å². The van der Waals surface area contributed by atoms with Crippen LogP contribution in [0.3, 0.4) is 0 Å². The molecule has 1 unspecified atom stereocenters. The molecule has 4 heteroatoms. The minimum atomic E-state index is 0.0249. The molecule has 0 bridgehead atoms. The normalized spacial score (nSPS) is 28.0. The van der Waals surface area contributed by atoms with Crippen molar-refractivity contribution in [2.24, 2.45) is 11.8 Å². The third-order valence-electron chi connectivity index (χ3n) is 5.07. The van der Waals surface area contributed by atoms with Gasteiger partial charge in [-0.25, -0.2) is 0 Å². The molecule has 2 aliphatic carbocycles. The van der Waals surface area contributed by atoms with E-state index in [0.29, 0.717) is 30.8 Å². The number of nitrogens with zero attached hydrogens (tertiary/aromatic N) is 1. The minimum Gasteiger partial charge on any atom is -0.355 e. The molecule has 2 amide bonds. The summed E-state index contributed by atoms with van der Waals surface area (Å²) >= 11 is 0. The van der Waals surface area contributed by atoms with Crippen molar-refractivity contribution >= 4 is 11.8 Å². The van der Waals surface area contributed by atoms with E-state index >= 15 is 0 Å². The molecule has 1 atom stereocenters. The zero-order valence-corrected chi connectivity index (χ0v) is 12.3. The summed E-state index contributed by atoms with van der Waals surface area (Å²) in [5, 5.41) is 2.84. The molecule has 3 fully saturated rings. The van der Waals surface area contributed by atoms with Crippen LogP contribution >= 0.6 is 0 Å². The molecule has 0 spiro atoms. The molecule has 20 heavy (non-hydrogen) atoms. The van der Waals surface area contributed by atoms with Crippen molar-refractivity contribution in [2.75, 3.05) is 13.1 Å². The first-order chi connectivity index (χ1) is 9.74. The smallest absolute Gasteiger partial charge is 0.227 e. The number of amides is 2. The summed E-state index contributed by atoms with van der Waals surface area (Å²) in [7, 11) is 0. The Hall–Kier alpha value is -1.06. The van der Waals surface area contributed by atoms with Gasteiger partial charge in [0.1, 0.15) is 0 Å². The molecule has 0 radical (unpaired) electrons. The van der Waals surface area contributed by atoms with Gasteiger partial charge in [-0.3, -0.25) is 9.59 Å². The highest BCUT2D eigenvalue weighted by atomic mass is 16.2. The van der Waals surface area contributed by atoms with E-state index in [-0.39, 0.29) is 11.8 Å². The highest BCUT2D eigenvalue weighted by Gasteiger charge is 2.38. The van der Waals surface area contributed by atoms with Gasteiger partial charge >= 0.3 is 0 Å². The van der Waals surface area contributed by atoms with Crippen LogP contribution in [-0.4, -0.2) is 35.8 Å². The molecule has 0 aromatic carbocycles. The Kier molecular flexibility index (Phi) is 4.27. The van der Waals surface area contributed by atoms with Gasteiger partial charge in [0, 0.05) is 25.6 Å². The van der Waals surface area contributed by atoms with Crippen LogP contribution in [0.1, 0.15) is 57.8 Å². The standard InChI is InChI=1S/C16H26N2O2/c19-15-9-6-13(10-17-15)16(20)18(14-7-8-14)11-12-4-2-1-3-5-12/h12-14H,1-11H2,(H,17,19). The largest absolute Gasteiger partial charge is 0.355 e. The van der Waals surface area contributed by atoms with E-state index < -0.39 is 0 Å². The molecule has 3 rings (SSSR count). The van der Waals surface area contributed by atoms with Crippen LogP contribution in [0.25, 0.3) is 0 Å². The van der Waals surface area contributed by atoms with Gasteiger partial charge in [-0.2, -0.15) is 0 Å². The molecule has 0 aromatic heterocycles. The summed E-state index contributed by atoms with van der Waals surface area (Å²) in [4.78, 5) is 26.1. The Labute approximate surface area is 121 Å². The zero-order valence-electron chi connectivity index (χ0n) is 12.3. The van der Waals surface area contributed by atoms with Crippen LogP contribution < -0.4 is 5.32 Å². The first-order valence-corrected chi connectivity index (χ1v) is 8.31. The molecular formula is C16H26N2O2. The van der Waals surface area contributed by atoms with Gasteiger partial charge < -0.3 is 10.2 Å². The third kappa shape index (κ3) is 3.33. The second kappa shape index (κ2) is 6.15. The van der Waals surface area contributed by atoms with Crippen molar-refractivity contribution in [1.82, 2.24) is 10.2 Å². The second-order valence-electron chi connectivity index (χ2n) is 6.77. The van der Waals surface area contributed by atoms with E-state index in [4.69, 9.17) is 0 Å². The van der Waals surface area contributed by atoms with E-state index in [2.05, 4.69) is 10.2 Å². The molecular weight excluding hydrogens is 252 g/mol. The highest BCUT2D eigenvalue weighted by molar-refractivity contribution is 5.84. The van der Waals surface area contributed by atoms with Crippen molar-refractivity contribution in [3.63, 3.8) is 0 Å². The summed E-state index contributed by atoms with van der Waals surface area (Å²) in [6.07, 6.45) is 10.2. The van der Waals surface area contributed by atoms with E-state index in [1.54, 1.807) is 0 Å². The lowest BCUT2D eigenvalue weighted by molar-refractivity contribution is -0.138. The average molecular weight is 278 g/mol. The maximum atomic E-state index is 12.7. The van der Waals surface area contributed by atoms with Crippen LogP contribution in [0.2, 0.25) is 0 Å². The third-order valence-corrected chi connectivity index (χ3v) is 5.07. The van der Waals surface area contributed by atoms with Gasteiger partial charge in [-0.05, 0) is 38.0 Å². The first kappa shape index (κ1) is 13.9. The van der Waals surface area contributed by atoms with Gasteiger partial charge in [-0.1, -0.05) is 19.3 Å². The Morgan fingerprint density at radius 2 is 1.85 bits per heavy atom. The fourth-order valence-corrected chi connectivity index (χ4v) is 3.63. The van der Waals surface area contributed by atoms with Crippen molar-refractivity contribution in [1.29, 1.82) is 0 Å². The fraction of sp³-hybridized carbons (Fsp3) is 0.875. The van der Waals surface area contributed by atoms with Gasteiger partial charge in [0.25, 0.3) is 0 Å². The van der Waals surface area contributed by atoms with Crippen LogP contribution in [0.15, 0.2) is 0 Å². The van der Waals surface area contributed by atoms with E-state index in [1.807, 2.05) is 0 Å². The van der Waals surface area contributed by atoms with E-state index in [1.165, 1.54) is 44.9 Å². The lowest BCUT2D eigenvalue weighted by atomic mass is 9.88. The number of rotatable bonds is 4. The summed E-state index contributed by atoms with van der Waals surface area (Å²) in [5.74, 6) is 1.14. The lowest BCUT2D eigenvalue weighted by Gasteiger charge is -2.33. The van der Waals surface area contributed by atoms with Crippen molar-refractivity contribution in [3.8, 4) is 0 Å². The zero-order chi connectivity index (χ0) is 13.9. The molecule has 1 aliphatic heterocycles. The summed E-state index contributed by atoms with van der Waals surface area (Å²) in [6, 6.07) is 0.502. The SMILES string of the molecule is O=C1CCC(C(=O)N(CC2CCCCC2)C2CC2)CN1. The van der Waals surface area contributed by atoms with Gasteiger partial charge in [-0.15, -0.1) is 0 Å². The molecule has 1 heterocycles. The minimum absolute atomic E-state index is 0.0249. The van der Waals surface area contributed by atoms with E-state index in [0.717, 1.165) is 13.0 Å². The predicted octanol–water partition coefficient (Wildman–Crippen LogP) is 2.08. The van der Waals surface area contributed by atoms with Crippen LogP contribution in [0.5, 0.6) is 0 Å². The number of carbonyl (C=O) groups is 2. The topological polar surface area (TPSA) is 49.4 Å². The maximum absolute atomic E-state index is 12.7. The molecule has 3 aliphatic rings. The van der Waals surface area contributed by atoms with Gasteiger partial charge in [0.15, 0.2) is 0 Å². The Morgan fingerprint density at radius 1 is 1.10 bits per heavy atom. The Bertz CT molecular complexity index is 363. The summed E-state index contributed by atoms with van der Waals surface area (Å²) in [5.41, 5.74) is 0. The molecule has 1 saturated heterocycles. The van der Waals surface area contributed by atoms with Crippen molar-refractivity contribution in [3.05, 3.63) is 0 Å². The Morgan fingerprint density at radius 3 is 2.45 bits per heavy atom. The number of carbonyl (C=O) groups excluding carboxylic acids is 2. The molecule has 2 saturated carbocycles. The van der Waals surface area contributed by atoms with Crippen LogP contribution in [-0.2, 0) is 9.59 Å². The van der Waals surface area contributed by atoms with E-state index in [9.17, 15) is 9.59 Å². The van der Waals surface area contributed by atoms with Crippen LogP contribution in [0, 0.1) is 11.8 Å². The number of hydrogen-bond donors (Lipinski definition) is 1. The lowest BCUT2D eigenvalue weighted by Crippen LogP contribution is -2.47. The number of nitrogens with one attached hydrogen (secondary N) is 1.